The van der Waals surface area contributed by atoms with Gasteiger partial charge in [0.25, 0.3) is 0 Å². The second kappa shape index (κ2) is 9.69. The number of piperidine rings is 1. The number of rotatable bonds is 4. The number of nitrogens with one attached hydrogen (secondary N) is 1. The van der Waals surface area contributed by atoms with Gasteiger partial charge in [0.1, 0.15) is 0 Å². The van der Waals surface area contributed by atoms with E-state index in [1.165, 1.54) is 11.3 Å². The van der Waals surface area contributed by atoms with Gasteiger partial charge >= 0.3 is 6.03 Å². The molecule has 0 unspecified atom stereocenters. The van der Waals surface area contributed by atoms with Gasteiger partial charge in [0.2, 0.25) is 5.91 Å². The van der Waals surface area contributed by atoms with Crippen LogP contribution in [0.5, 0.6) is 0 Å². The number of hydrogen-bond donors (Lipinski definition) is 1. The molecule has 3 fully saturated rings. The fourth-order valence-corrected chi connectivity index (χ4v) is 4.78. The first-order valence-electron chi connectivity index (χ1n) is 11.4. The number of urea groups is 1. The predicted molar refractivity (Wildman–Crippen MR) is 118 cm³/mol. The molecule has 0 aliphatic carbocycles. The number of likely N-dealkylation sites (N-methyl/N-ethyl adjacent to an activating group) is 1. The zero-order chi connectivity index (χ0) is 20.9. The zero-order valence-corrected chi connectivity index (χ0v) is 18.2. The standard InChI is InChI=1S/C23H35N5O2/c1-25-14-16-26(17-15-25)21-7-3-2-6-20(21)18-24-22(29)19-8-12-28(13-9-19)23(30)27-10-4-5-11-27/h2-3,6-7,19H,4-5,8-18H2,1H3,(H,24,29). The Morgan fingerprint density at radius 3 is 2.23 bits per heavy atom. The summed E-state index contributed by atoms with van der Waals surface area (Å²) in [7, 11) is 2.16. The van der Waals surface area contributed by atoms with Crippen molar-refractivity contribution in [1.82, 2.24) is 20.0 Å². The van der Waals surface area contributed by atoms with Crippen LogP contribution in [0.4, 0.5) is 10.5 Å². The molecule has 1 aromatic carbocycles. The Bertz CT molecular complexity index is 733. The van der Waals surface area contributed by atoms with Crippen molar-refractivity contribution in [2.45, 2.75) is 32.2 Å². The third-order valence-electron chi connectivity index (χ3n) is 6.80. The summed E-state index contributed by atoms with van der Waals surface area (Å²) in [6, 6.07) is 8.56. The van der Waals surface area contributed by atoms with Crippen molar-refractivity contribution in [2.75, 3.05) is 64.3 Å². The normalized spacial score (nSPS) is 21.2. The van der Waals surface area contributed by atoms with Gasteiger partial charge in [-0.3, -0.25) is 4.79 Å². The third-order valence-corrected chi connectivity index (χ3v) is 6.80. The second-order valence-electron chi connectivity index (χ2n) is 8.87. The first-order chi connectivity index (χ1) is 14.6. The van der Waals surface area contributed by atoms with Crippen LogP contribution in [0.1, 0.15) is 31.2 Å². The molecule has 1 N–H and O–H groups in total. The lowest BCUT2D eigenvalue weighted by Crippen LogP contribution is -2.47. The van der Waals surface area contributed by atoms with Gasteiger partial charge in [0, 0.05) is 70.5 Å². The molecule has 0 saturated carbocycles. The number of hydrogen-bond acceptors (Lipinski definition) is 4. The molecule has 3 aliphatic rings. The van der Waals surface area contributed by atoms with E-state index in [0.29, 0.717) is 19.6 Å². The van der Waals surface area contributed by atoms with Gasteiger partial charge in [-0.15, -0.1) is 0 Å². The number of anilines is 1. The number of benzene rings is 1. The lowest BCUT2D eigenvalue weighted by atomic mass is 9.96. The highest BCUT2D eigenvalue weighted by Gasteiger charge is 2.30. The molecular weight excluding hydrogens is 378 g/mol. The Hall–Kier alpha value is -2.28. The van der Waals surface area contributed by atoms with Crippen molar-refractivity contribution >= 4 is 17.6 Å². The van der Waals surface area contributed by atoms with E-state index in [2.05, 4.69) is 40.4 Å². The molecule has 30 heavy (non-hydrogen) atoms. The van der Waals surface area contributed by atoms with E-state index in [0.717, 1.165) is 65.0 Å². The predicted octanol–water partition coefficient (Wildman–Crippen LogP) is 1.98. The molecule has 164 valence electrons. The highest BCUT2D eigenvalue weighted by Crippen LogP contribution is 2.23. The van der Waals surface area contributed by atoms with Gasteiger partial charge in [-0.25, -0.2) is 4.79 Å². The smallest absolute Gasteiger partial charge is 0.319 e. The lowest BCUT2D eigenvalue weighted by Gasteiger charge is -2.35. The van der Waals surface area contributed by atoms with Crippen molar-refractivity contribution in [3.63, 3.8) is 0 Å². The van der Waals surface area contributed by atoms with Crippen LogP contribution in [0, 0.1) is 5.92 Å². The summed E-state index contributed by atoms with van der Waals surface area (Å²) in [6.07, 6.45) is 3.73. The molecule has 0 aromatic heterocycles. The average molecular weight is 414 g/mol. The minimum atomic E-state index is 0.00317. The van der Waals surface area contributed by atoms with Gasteiger partial charge in [-0.05, 0) is 44.4 Å². The summed E-state index contributed by atoms with van der Waals surface area (Å²) in [5.74, 6) is 0.125. The first kappa shape index (κ1) is 21.0. The van der Waals surface area contributed by atoms with Gasteiger partial charge in [0.15, 0.2) is 0 Å². The van der Waals surface area contributed by atoms with Crippen LogP contribution < -0.4 is 10.2 Å². The molecular formula is C23H35N5O2. The fourth-order valence-electron chi connectivity index (χ4n) is 4.78. The average Bonchev–Trinajstić information content (AvgIpc) is 3.33. The SMILES string of the molecule is CN1CCN(c2ccccc2CNC(=O)C2CCN(C(=O)N3CCCC3)CC2)CC1. The number of amides is 3. The molecule has 0 spiro atoms. The molecule has 3 saturated heterocycles. The summed E-state index contributed by atoms with van der Waals surface area (Å²) in [5, 5.41) is 3.17. The maximum absolute atomic E-state index is 12.8. The van der Waals surface area contributed by atoms with Crippen molar-refractivity contribution in [3.8, 4) is 0 Å². The van der Waals surface area contributed by atoms with Crippen molar-refractivity contribution in [1.29, 1.82) is 0 Å². The molecule has 0 radical (unpaired) electrons. The van der Waals surface area contributed by atoms with Crippen LogP contribution in [0.2, 0.25) is 0 Å². The number of piperazine rings is 1. The summed E-state index contributed by atoms with van der Waals surface area (Å²) >= 11 is 0. The van der Waals surface area contributed by atoms with Gasteiger partial charge in [-0.2, -0.15) is 0 Å². The molecule has 7 heteroatoms. The molecule has 3 heterocycles. The first-order valence-corrected chi connectivity index (χ1v) is 11.4. The largest absolute Gasteiger partial charge is 0.369 e. The van der Waals surface area contributed by atoms with E-state index in [9.17, 15) is 9.59 Å². The highest BCUT2D eigenvalue weighted by molar-refractivity contribution is 5.80. The minimum Gasteiger partial charge on any atom is -0.369 e. The van der Waals surface area contributed by atoms with E-state index in [-0.39, 0.29) is 17.9 Å². The molecule has 0 bridgehead atoms. The Morgan fingerprint density at radius 2 is 1.53 bits per heavy atom. The third kappa shape index (κ3) is 4.89. The monoisotopic (exact) mass is 413 g/mol. The van der Waals surface area contributed by atoms with E-state index in [4.69, 9.17) is 0 Å². The van der Waals surface area contributed by atoms with E-state index in [1.807, 2.05) is 15.9 Å². The van der Waals surface area contributed by atoms with E-state index >= 15 is 0 Å². The van der Waals surface area contributed by atoms with Gasteiger partial charge in [0.05, 0.1) is 0 Å². The molecule has 7 nitrogen and oxygen atoms in total. The highest BCUT2D eigenvalue weighted by atomic mass is 16.2. The molecule has 3 amide bonds. The van der Waals surface area contributed by atoms with E-state index in [1.54, 1.807) is 0 Å². The van der Waals surface area contributed by atoms with Crippen LogP contribution in [0.25, 0.3) is 0 Å². The number of nitrogens with zero attached hydrogens (tertiary/aromatic N) is 4. The molecule has 1 aromatic rings. The molecule has 3 aliphatic heterocycles. The Labute approximate surface area is 180 Å². The Morgan fingerprint density at radius 1 is 0.900 bits per heavy atom. The van der Waals surface area contributed by atoms with Crippen LogP contribution in [0.3, 0.4) is 0 Å². The topological polar surface area (TPSA) is 59.1 Å². The van der Waals surface area contributed by atoms with Crippen LogP contribution in [-0.4, -0.2) is 86.0 Å². The van der Waals surface area contributed by atoms with Crippen LogP contribution >= 0.6 is 0 Å². The minimum absolute atomic E-state index is 0.00317. The maximum atomic E-state index is 12.8. The van der Waals surface area contributed by atoms with Gasteiger partial charge < -0.3 is 24.9 Å². The van der Waals surface area contributed by atoms with Crippen molar-refractivity contribution in [3.05, 3.63) is 29.8 Å². The second-order valence-corrected chi connectivity index (χ2v) is 8.87. The number of carbonyl (C=O) groups is 2. The number of likely N-dealkylation sites (tertiary alicyclic amines) is 2. The zero-order valence-electron chi connectivity index (χ0n) is 18.2. The van der Waals surface area contributed by atoms with Crippen molar-refractivity contribution in [2.24, 2.45) is 5.92 Å². The van der Waals surface area contributed by atoms with Gasteiger partial charge in [-0.1, -0.05) is 18.2 Å². The van der Waals surface area contributed by atoms with Crippen LogP contribution in [-0.2, 0) is 11.3 Å². The number of para-hydroxylation sites is 1. The van der Waals surface area contributed by atoms with Crippen LogP contribution in [0.15, 0.2) is 24.3 Å². The van der Waals surface area contributed by atoms with Crippen molar-refractivity contribution < 1.29 is 9.59 Å². The summed E-state index contributed by atoms with van der Waals surface area (Å²) in [5.41, 5.74) is 2.41. The molecule has 4 rings (SSSR count). The number of carbonyl (C=O) groups excluding carboxylic acids is 2. The molecule has 0 atom stereocenters. The lowest BCUT2D eigenvalue weighted by molar-refractivity contribution is -0.126. The Balaban J connectivity index is 1.27. The summed E-state index contributed by atoms with van der Waals surface area (Å²) in [6.45, 7) is 7.86. The fraction of sp³-hybridized carbons (Fsp3) is 0.652. The maximum Gasteiger partial charge on any atom is 0.319 e. The summed E-state index contributed by atoms with van der Waals surface area (Å²) in [4.78, 5) is 34.0. The summed E-state index contributed by atoms with van der Waals surface area (Å²) < 4.78 is 0. The van der Waals surface area contributed by atoms with E-state index < -0.39 is 0 Å². The quantitative estimate of drug-likeness (QED) is 0.820. The Kier molecular flexibility index (Phi) is 6.77.